The molecular weight excluding hydrogens is 100 g/mol. The van der Waals surface area contributed by atoms with Crippen LogP contribution in [0, 0.1) is 0 Å². The van der Waals surface area contributed by atoms with Gasteiger partial charge in [-0.25, -0.2) is 0 Å². The molecule has 0 aromatic carbocycles. The first-order chi connectivity index (χ1) is 3.89. The zero-order valence-electron chi connectivity index (χ0n) is 5.81. The topological polar surface area (TPSA) is 24.4 Å². The maximum Gasteiger partial charge on any atom is 0.0827 e. The second-order valence-electron chi connectivity index (χ2n) is 1.56. The van der Waals surface area contributed by atoms with E-state index in [9.17, 15) is 0 Å². The molecule has 0 amide bonds. The van der Waals surface area contributed by atoms with Crippen LogP contribution in [0.4, 0.5) is 0 Å². The molecule has 50 valence electrons. The Hall–Kier alpha value is -0.530. The lowest BCUT2D eigenvalue weighted by Gasteiger charge is -1.94. The standard InChI is InChI=1S/C4H8N2.C2H6.H2/c1-4-2-5-3-6-4;1-2;/h3-4H,2H2,1H3,(H,5,6);1-2H3;1H. The van der Waals surface area contributed by atoms with Crippen molar-refractivity contribution in [2.24, 2.45) is 4.99 Å². The molecule has 0 radical (unpaired) electrons. The highest BCUT2D eigenvalue weighted by Crippen LogP contribution is 1.84. The summed E-state index contributed by atoms with van der Waals surface area (Å²) in [6.45, 7) is 7.05. The van der Waals surface area contributed by atoms with Crippen LogP contribution >= 0.6 is 0 Å². The van der Waals surface area contributed by atoms with Gasteiger partial charge < -0.3 is 5.32 Å². The van der Waals surface area contributed by atoms with Gasteiger partial charge in [-0.2, -0.15) is 0 Å². The van der Waals surface area contributed by atoms with Gasteiger partial charge in [-0.1, -0.05) is 13.8 Å². The molecule has 0 spiro atoms. The van der Waals surface area contributed by atoms with Crippen molar-refractivity contribution >= 4 is 6.34 Å². The molecule has 1 aliphatic rings. The average Bonchev–Trinajstić information content (AvgIpc) is 2.24. The second-order valence-corrected chi connectivity index (χ2v) is 1.56. The minimum Gasteiger partial charge on any atom is -0.372 e. The van der Waals surface area contributed by atoms with Gasteiger partial charge >= 0.3 is 0 Å². The summed E-state index contributed by atoms with van der Waals surface area (Å²) < 4.78 is 0. The van der Waals surface area contributed by atoms with E-state index in [0.717, 1.165) is 6.54 Å². The Labute approximate surface area is 52.5 Å². The second kappa shape index (κ2) is 4.62. The number of hydrogen-bond donors (Lipinski definition) is 1. The minimum atomic E-state index is 0. The van der Waals surface area contributed by atoms with Crippen molar-refractivity contribution < 1.29 is 1.43 Å². The number of rotatable bonds is 0. The van der Waals surface area contributed by atoms with E-state index in [1.54, 1.807) is 6.34 Å². The Morgan fingerprint density at radius 2 is 2.38 bits per heavy atom. The maximum atomic E-state index is 3.93. The van der Waals surface area contributed by atoms with Gasteiger partial charge in [0.1, 0.15) is 0 Å². The molecule has 0 saturated heterocycles. The Morgan fingerprint density at radius 1 is 1.75 bits per heavy atom. The van der Waals surface area contributed by atoms with Gasteiger partial charge in [-0.05, 0) is 6.92 Å². The summed E-state index contributed by atoms with van der Waals surface area (Å²) in [6.07, 6.45) is 1.75. The molecule has 8 heavy (non-hydrogen) atoms. The zero-order valence-corrected chi connectivity index (χ0v) is 5.81. The number of aliphatic imine (C=N–C) groups is 1. The lowest BCUT2D eigenvalue weighted by atomic mass is 10.4. The largest absolute Gasteiger partial charge is 0.372 e. The van der Waals surface area contributed by atoms with E-state index >= 15 is 0 Å². The predicted molar refractivity (Wildman–Crippen MR) is 39.4 cm³/mol. The molecule has 1 rings (SSSR count). The smallest absolute Gasteiger partial charge is 0.0827 e. The highest BCUT2D eigenvalue weighted by atomic mass is 15.0. The van der Waals surface area contributed by atoms with Crippen LogP contribution in [0.5, 0.6) is 0 Å². The van der Waals surface area contributed by atoms with E-state index in [2.05, 4.69) is 17.2 Å². The Balaban J connectivity index is 0. The van der Waals surface area contributed by atoms with Crippen LogP contribution in [0.3, 0.4) is 0 Å². The number of hydrogen-bond acceptors (Lipinski definition) is 2. The molecule has 0 saturated carbocycles. The van der Waals surface area contributed by atoms with Crippen LogP contribution in [0.15, 0.2) is 4.99 Å². The molecule has 0 aromatic rings. The average molecular weight is 116 g/mol. The highest BCUT2D eigenvalue weighted by Gasteiger charge is 1.98. The van der Waals surface area contributed by atoms with Crippen molar-refractivity contribution in [3.63, 3.8) is 0 Å². The quantitative estimate of drug-likeness (QED) is 0.506. The maximum absolute atomic E-state index is 3.93. The molecule has 1 atom stereocenters. The molecule has 0 bridgehead atoms. The molecule has 1 heterocycles. The fraction of sp³-hybridized carbons (Fsp3) is 0.833. The van der Waals surface area contributed by atoms with Crippen molar-refractivity contribution in [1.29, 1.82) is 0 Å². The summed E-state index contributed by atoms with van der Waals surface area (Å²) in [5.74, 6) is 0. The summed E-state index contributed by atoms with van der Waals surface area (Å²) in [5.41, 5.74) is 0. The SMILES string of the molecule is CC.CC1CN=CN1.[HH]. The predicted octanol–water partition coefficient (Wildman–Crippen LogP) is 1.28. The first-order valence-electron chi connectivity index (χ1n) is 3.14. The van der Waals surface area contributed by atoms with Crippen LogP contribution in [-0.2, 0) is 0 Å². The molecule has 1 aliphatic heterocycles. The van der Waals surface area contributed by atoms with Gasteiger partial charge in [-0.3, -0.25) is 4.99 Å². The molecular formula is C6H16N2. The summed E-state index contributed by atoms with van der Waals surface area (Å²) in [4.78, 5) is 3.93. The molecule has 0 aromatic heterocycles. The Morgan fingerprint density at radius 3 is 2.50 bits per heavy atom. The number of nitrogens with zero attached hydrogens (tertiary/aromatic N) is 1. The van der Waals surface area contributed by atoms with E-state index in [-0.39, 0.29) is 1.43 Å². The highest BCUT2D eigenvalue weighted by molar-refractivity contribution is 5.56. The minimum absolute atomic E-state index is 0. The summed E-state index contributed by atoms with van der Waals surface area (Å²) in [5, 5.41) is 3.03. The van der Waals surface area contributed by atoms with Gasteiger partial charge in [0.15, 0.2) is 0 Å². The van der Waals surface area contributed by atoms with Crippen LogP contribution in [0.1, 0.15) is 22.2 Å². The zero-order chi connectivity index (χ0) is 6.41. The molecule has 0 aliphatic carbocycles. The fourth-order valence-corrected chi connectivity index (χ4v) is 0.443. The number of nitrogens with one attached hydrogen (secondary N) is 1. The summed E-state index contributed by atoms with van der Waals surface area (Å²) in [6, 6.07) is 0.574. The Bertz CT molecular complexity index is 65.5. The van der Waals surface area contributed by atoms with Gasteiger partial charge in [0.05, 0.1) is 12.9 Å². The Kier molecular flexibility index (Phi) is 4.32. The summed E-state index contributed by atoms with van der Waals surface area (Å²) in [7, 11) is 0. The normalized spacial score (nSPS) is 23.6. The van der Waals surface area contributed by atoms with Crippen molar-refractivity contribution in [3.8, 4) is 0 Å². The molecule has 2 nitrogen and oxygen atoms in total. The van der Waals surface area contributed by atoms with Gasteiger partial charge in [0.25, 0.3) is 0 Å². The van der Waals surface area contributed by atoms with E-state index in [1.807, 2.05) is 13.8 Å². The summed E-state index contributed by atoms with van der Waals surface area (Å²) >= 11 is 0. The third-order valence-corrected chi connectivity index (χ3v) is 0.830. The molecule has 2 heteroatoms. The first kappa shape index (κ1) is 7.47. The van der Waals surface area contributed by atoms with E-state index in [4.69, 9.17) is 0 Å². The van der Waals surface area contributed by atoms with Crippen molar-refractivity contribution in [2.45, 2.75) is 26.8 Å². The van der Waals surface area contributed by atoms with E-state index < -0.39 is 0 Å². The van der Waals surface area contributed by atoms with Crippen molar-refractivity contribution in [3.05, 3.63) is 0 Å². The monoisotopic (exact) mass is 116 g/mol. The van der Waals surface area contributed by atoms with Crippen LogP contribution in [-0.4, -0.2) is 18.9 Å². The van der Waals surface area contributed by atoms with Crippen LogP contribution in [0.25, 0.3) is 0 Å². The van der Waals surface area contributed by atoms with Gasteiger partial charge in [0, 0.05) is 7.47 Å². The van der Waals surface area contributed by atoms with Crippen molar-refractivity contribution in [2.75, 3.05) is 6.54 Å². The van der Waals surface area contributed by atoms with Crippen LogP contribution < -0.4 is 5.32 Å². The van der Waals surface area contributed by atoms with Gasteiger partial charge in [-0.15, -0.1) is 0 Å². The van der Waals surface area contributed by atoms with Crippen LogP contribution in [0.2, 0.25) is 0 Å². The lowest BCUT2D eigenvalue weighted by Crippen LogP contribution is -2.19. The van der Waals surface area contributed by atoms with E-state index in [0.29, 0.717) is 6.04 Å². The third-order valence-electron chi connectivity index (χ3n) is 0.830. The van der Waals surface area contributed by atoms with E-state index in [1.165, 1.54) is 0 Å². The van der Waals surface area contributed by atoms with Gasteiger partial charge in [0.2, 0.25) is 0 Å². The molecule has 1 N–H and O–H groups in total. The van der Waals surface area contributed by atoms with Crippen molar-refractivity contribution in [1.82, 2.24) is 5.32 Å². The first-order valence-corrected chi connectivity index (χ1v) is 3.14. The molecule has 1 unspecified atom stereocenters. The third kappa shape index (κ3) is 2.61. The fourth-order valence-electron chi connectivity index (χ4n) is 0.443. The molecule has 0 fully saturated rings. The lowest BCUT2D eigenvalue weighted by molar-refractivity contribution is 0.729.